The van der Waals surface area contributed by atoms with Crippen LogP contribution in [-0.4, -0.2) is 55.1 Å². The Balaban J connectivity index is 1.66. The third-order valence-electron chi connectivity index (χ3n) is 5.73. The van der Waals surface area contributed by atoms with Gasteiger partial charge in [0.05, 0.1) is 7.11 Å². The van der Waals surface area contributed by atoms with Crippen molar-refractivity contribution in [3.8, 4) is 11.5 Å². The molecule has 7 nitrogen and oxygen atoms in total. The van der Waals surface area contributed by atoms with E-state index in [9.17, 15) is 10.0 Å². The largest absolute Gasteiger partial charge is 0.493 e. The van der Waals surface area contributed by atoms with Crippen LogP contribution in [0.3, 0.4) is 0 Å². The van der Waals surface area contributed by atoms with Gasteiger partial charge < -0.3 is 20.0 Å². The number of methoxy groups -OCH3 is 1. The maximum absolute atomic E-state index is 12.9. The van der Waals surface area contributed by atoms with E-state index >= 15 is 0 Å². The third kappa shape index (κ3) is 7.33. The van der Waals surface area contributed by atoms with Crippen LogP contribution in [0.1, 0.15) is 48.2 Å². The van der Waals surface area contributed by atoms with Crippen molar-refractivity contribution in [1.29, 1.82) is 0 Å². The fourth-order valence-corrected chi connectivity index (χ4v) is 3.98. The summed E-state index contributed by atoms with van der Waals surface area (Å²) in [7, 11) is 1.60. The molecule has 0 bridgehead atoms. The number of benzene rings is 3. The summed E-state index contributed by atoms with van der Waals surface area (Å²) < 4.78 is 11.5. The van der Waals surface area contributed by atoms with E-state index in [1.165, 1.54) is 0 Å². The molecule has 3 rings (SSSR count). The van der Waals surface area contributed by atoms with Gasteiger partial charge in [0.1, 0.15) is 12.3 Å². The number of hydrogen-bond donors (Lipinski definition) is 2. The molecule has 0 aliphatic rings. The molecule has 0 unspecified atom stereocenters. The van der Waals surface area contributed by atoms with Crippen LogP contribution < -0.4 is 14.8 Å². The molecule has 0 radical (unpaired) electrons. The Bertz CT molecular complexity index is 1130. The van der Waals surface area contributed by atoms with Gasteiger partial charge in [-0.2, -0.15) is 0 Å². The predicted octanol–water partition coefficient (Wildman–Crippen LogP) is 5.67. The molecule has 190 valence electrons. The Hall–Kier alpha value is -3.84. The molecule has 0 saturated carbocycles. The minimum atomic E-state index is -0.253. The van der Waals surface area contributed by atoms with Crippen LogP contribution in [0.25, 0.3) is 0 Å². The van der Waals surface area contributed by atoms with Gasteiger partial charge in [0.25, 0.3) is 5.91 Å². The van der Waals surface area contributed by atoms with E-state index in [1.54, 1.807) is 49.6 Å². The Morgan fingerprint density at radius 3 is 2.11 bits per heavy atom. The molecule has 0 spiro atoms. The zero-order valence-corrected chi connectivity index (χ0v) is 21.2. The fourth-order valence-electron chi connectivity index (χ4n) is 3.98. The van der Waals surface area contributed by atoms with Crippen molar-refractivity contribution in [2.75, 3.05) is 38.7 Å². The lowest BCUT2D eigenvalue weighted by atomic mass is 10.0. The van der Waals surface area contributed by atoms with Gasteiger partial charge in [0.15, 0.2) is 11.5 Å². The molecule has 0 aliphatic heterocycles. The second-order valence-corrected chi connectivity index (χ2v) is 8.40. The summed E-state index contributed by atoms with van der Waals surface area (Å²) in [5, 5.41) is 15.9. The lowest BCUT2D eigenvalue weighted by molar-refractivity contribution is 0.102. The first-order valence-corrected chi connectivity index (χ1v) is 12.3. The maximum atomic E-state index is 12.9. The van der Waals surface area contributed by atoms with E-state index in [2.05, 4.69) is 29.2 Å². The van der Waals surface area contributed by atoms with E-state index in [1.807, 2.05) is 30.3 Å². The average Bonchev–Trinajstić information content (AvgIpc) is 2.90. The number of rotatable bonds is 13. The number of hydrogen-bond acceptors (Lipinski definition) is 6. The lowest BCUT2D eigenvalue weighted by Crippen LogP contribution is -2.30. The maximum Gasteiger partial charge on any atom is 0.255 e. The minimum absolute atomic E-state index is 0.253. The molecule has 0 aliphatic carbocycles. The van der Waals surface area contributed by atoms with E-state index in [-0.39, 0.29) is 5.91 Å². The van der Waals surface area contributed by atoms with Gasteiger partial charge in [-0.1, -0.05) is 61.5 Å². The molecule has 3 aromatic carbocycles. The normalized spacial score (nSPS) is 11.4. The highest BCUT2D eigenvalue weighted by molar-refractivity contribution is 6.13. The van der Waals surface area contributed by atoms with Crippen LogP contribution in [0, 0.1) is 0 Å². The number of carbonyl (C=O) groups is 1. The van der Waals surface area contributed by atoms with Crippen molar-refractivity contribution >= 4 is 17.3 Å². The van der Waals surface area contributed by atoms with E-state index < -0.39 is 0 Å². The number of anilines is 1. The zero-order chi connectivity index (χ0) is 25.8. The van der Waals surface area contributed by atoms with Crippen LogP contribution >= 0.6 is 0 Å². The van der Waals surface area contributed by atoms with Crippen LogP contribution in [0.5, 0.6) is 11.5 Å². The zero-order valence-electron chi connectivity index (χ0n) is 21.2. The second-order valence-electron chi connectivity index (χ2n) is 8.40. The second kappa shape index (κ2) is 13.9. The van der Waals surface area contributed by atoms with Crippen molar-refractivity contribution in [2.24, 2.45) is 5.16 Å². The number of nitrogens with zero attached hydrogens (tertiary/aromatic N) is 2. The van der Waals surface area contributed by atoms with Crippen molar-refractivity contribution < 1.29 is 19.5 Å². The van der Waals surface area contributed by atoms with Gasteiger partial charge in [-0.15, -0.1) is 0 Å². The van der Waals surface area contributed by atoms with Gasteiger partial charge in [-0.3, -0.25) is 9.69 Å². The minimum Gasteiger partial charge on any atom is -0.493 e. The van der Waals surface area contributed by atoms with Gasteiger partial charge in [0.2, 0.25) is 0 Å². The van der Waals surface area contributed by atoms with Crippen molar-refractivity contribution in [3.63, 3.8) is 0 Å². The molecule has 0 atom stereocenters. The highest BCUT2D eigenvalue weighted by Crippen LogP contribution is 2.30. The Labute approximate surface area is 213 Å². The number of nitrogens with one attached hydrogen (secondary N) is 1. The van der Waals surface area contributed by atoms with Gasteiger partial charge in [0, 0.05) is 35.0 Å². The molecule has 0 saturated heterocycles. The highest BCUT2D eigenvalue weighted by atomic mass is 16.5. The monoisotopic (exact) mass is 489 g/mol. The SMILES string of the molecule is CCCN(CCC)CCOc1cc(NC(=O)c2ccc(C(=NO)c3ccccc3)cc2)ccc1OC. The summed E-state index contributed by atoms with van der Waals surface area (Å²) in [6, 6.07) is 21.7. The molecule has 7 heteroatoms. The quantitative estimate of drug-likeness (QED) is 0.183. The summed E-state index contributed by atoms with van der Waals surface area (Å²) in [6.07, 6.45) is 2.21. The molecule has 0 fully saturated rings. The van der Waals surface area contributed by atoms with Gasteiger partial charge in [-0.25, -0.2) is 0 Å². The van der Waals surface area contributed by atoms with Crippen LogP contribution in [-0.2, 0) is 0 Å². The molecule has 1 amide bonds. The summed E-state index contributed by atoms with van der Waals surface area (Å²) >= 11 is 0. The van der Waals surface area contributed by atoms with Crippen LogP contribution in [0.4, 0.5) is 5.69 Å². The Morgan fingerprint density at radius 2 is 1.50 bits per heavy atom. The standard InChI is InChI=1S/C29H35N3O4/c1-4-17-32(18-5-2)19-20-36-27-21-25(15-16-26(27)35-3)30-29(33)24-13-11-23(12-14-24)28(31-34)22-9-7-6-8-10-22/h6-16,21,34H,4-5,17-20H2,1-3H3,(H,30,33). The van der Waals surface area contributed by atoms with Crippen LogP contribution in [0.15, 0.2) is 78.0 Å². The topological polar surface area (TPSA) is 83.4 Å². The van der Waals surface area contributed by atoms with E-state index in [4.69, 9.17) is 9.47 Å². The number of ether oxygens (including phenoxy) is 2. The molecule has 0 heterocycles. The molecular weight excluding hydrogens is 454 g/mol. The third-order valence-corrected chi connectivity index (χ3v) is 5.73. The summed E-state index contributed by atoms with van der Waals surface area (Å²) in [6.45, 7) is 7.80. The fraction of sp³-hybridized carbons (Fsp3) is 0.310. The van der Waals surface area contributed by atoms with E-state index in [0.29, 0.717) is 40.6 Å². The van der Waals surface area contributed by atoms with Crippen molar-refractivity contribution in [1.82, 2.24) is 4.90 Å². The van der Waals surface area contributed by atoms with Crippen molar-refractivity contribution in [2.45, 2.75) is 26.7 Å². The summed E-state index contributed by atoms with van der Waals surface area (Å²) in [4.78, 5) is 15.3. The lowest BCUT2D eigenvalue weighted by Gasteiger charge is -2.21. The molecule has 3 aromatic rings. The molecular formula is C29H35N3O4. The Kier molecular flexibility index (Phi) is 10.3. The summed E-state index contributed by atoms with van der Waals surface area (Å²) in [5.74, 6) is 0.953. The first kappa shape index (κ1) is 26.8. The number of oxime groups is 1. The van der Waals surface area contributed by atoms with Gasteiger partial charge >= 0.3 is 0 Å². The predicted molar refractivity (Wildman–Crippen MR) is 144 cm³/mol. The number of amides is 1. The first-order chi connectivity index (χ1) is 17.6. The van der Waals surface area contributed by atoms with Crippen molar-refractivity contribution in [3.05, 3.63) is 89.5 Å². The van der Waals surface area contributed by atoms with E-state index in [0.717, 1.165) is 38.0 Å². The highest BCUT2D eigenvalue weighted by Gasteiger charge is 2.13. The average molecular weight is 490 g/mol. The molecule has 2 N–H and O–H groups in total. The molecule has 0 aromatic heterocycles. The number of carbonyl (C=O) groups excluding carboxylic acids is 1. The smallest absolute Gasteiger partial charge is 0.255 e. The summed E-state index contributed by atoms with van der Waals surface area (Å²) in [5.41, 5.74) is 3.03. The van der Waals surface area contributed by atoms with Gasteiger partial charge in [-0.05, 0) is 50.2 Å². The van der Waals surface area contributed by atoms with Crippen LogP contribution in [0.2, 0.25) is 0 Å². The Morgan fingerprint density at radius 1 is 0.861 bits per heavy atom. The molecule has 36 heavy (non-hydrogen) atoms. The first-order valence-electron chi connectivity index (χ1n) is 12.3.